The van der Waals surface area contributed by atoms with Gasteiger partial charge in [-0.3, -0.25) is 14.4 Å². The lowest BCUT2D eigenvalue weighted by molar-refractivity contribution is -0.159. The molecule has 40 heavy (non-hydrogen) atoms. The minimum Gasteiger partial charge on any atom is -0.497 e. The highest BCUT2D eigenvalue weighted by Crippen LogP contribution is 2.41. The maximum Gasteiger partial charge on any atom is 0.306 e. The Kier molecular flexibility index (Phi) is 8.45. The Labute approximate surface area is 237 Å². The van der Waals surface area contributed by atoms with E-state index in [4.69, 9.17) is 9.47 Å². The third kappa shape index (κ3) is 6.74. The molecule has 216 valence electrons. The summed E-state index contributed by atoms with van der Waals surface area (Å²) in [6, 6.07) is 9.51. The molecule has 0 bridgehead atoms. The number of halogens is 1. The van der Waals surface area contributed by atoms with Crippen molar-refractivity contribution in [2.45, 2.75) is 77.7 Å². The first-order chi connectivity index (χ1) is 18.7. The summed E-state index contributed by atoms with van der Waals surface area (Å²) in [7, 11) is -0.285. The van der Waals surface area contributed by atoms with Gasteiger partial charge in [-0.05, 0) is 86.5 Å². The van der Waals surface area contributed by atoms with Crippen molar-refractivity contribution in [1.29, 1.82) is 0 Å². The number of anilines is 1. The van der Waals surface area contributed by atoms with Crippen LogP contribution in [0.3, 0.4) is 0 Å². The van der Waals surface area contributed by atoms with Crippen LogP contribution in [-0.4, -0.2) is 50.0 Å². The number of hydrogen-bond donors (Lipinski definition) is 1. The summed E-state index contributed by atoms with van der Waals surface area (Å²) in [4.78, 5) is 41.3. The van der Waals surface area contributed by atoms with E-state index in [0.717, 1.165) is 11.1 Å². The van der Waals surface area contributed by atoms with Crippen molar-refractivity contribution in [1.82, 2.24) is 4.90 Å². The molecule has 0 aromatic heterocycles. The normalized spacial score (nSPS) is 20.7. The number of methoxy groups -OCH3 is 1. The van der Waals surface area contributed by atoms with Crippen molar-refractivity contribution in [2.75, 3.05) is 19.0 Å². The van der Waals surface area contributed by atoms with E-state index in [-0.39, 0.29) is 41.9 Å². The second-order valence-corrected chi connectivity index (χ2v) is 18.0. The van der Waals surface area contributed by atoms with Crippen molar-refractivity contribution >= 4 is 36.7 Å². The Bertz CT molecular complexity index is 1290. The van der Waals surface area contributed by atoms with Crippen molar-refractivity contribution in [3.05, 3.63) is 53.3 Å². The Morgan fingerprint density at radius 3 is 2.38 bits per heavy atom. The molecule has 7 nitrogen and oxygen atoms in total. The number of carbonyl (C=O) groups excluding carboxylic acids is 3. The molecule has 1 atom stereocenters. The number of fused-ring (bicyclic) bond motifs is 1. The van der Waals surface area contributed by atoms with E-state index in [1.165, 1.54) is 6.07 Å². The number of nitrogens with zero attached hydrogens (tertiary/aromatic N) is 1. The maximum absolute atomic E-state index is 14.9. The molecule has 1 heterocycles. The van der Waals surface area contributed by atoms with Crippen LogP contribution in [0, 0.1) is 17.7 Å². The van der Waals surface area contributed by atoms with Crippen LogP contribution in [0.4, 0.5) is 10.1 Å². The molecule has 1 fully saturated rings. The van der Waals surface area contributed by atoms with Gasteiger partial charge in [0.25, 0.3) is 5.91 Å². The quantitative estimate of drug-likeness (QED) is 0.367. The summed E-state index contributed by atoms with van der Waals surface area (Å²) in [5.41, 5.74) is 1.50. The first-order valence-corrected chi connectivity index (χ1v) is 17.5. The number of hydrogen-bond acceptors (Lipinski definition) is 5. The molecule has 0 unspecified atom stereocenters. The van der Waals surface area contributed by atoms with Gasteiger partial charge >= 0.3 is 5.97 Å². The highest BCUT2D eigenvalue weighted by molar-refractivity contribution is 6.88. The zero-order valence-corrected chi connectivity index (χ0v) is 25.6. The van der Waals surface area contributed by atoms with Gasteiger partial charge < -0.3 is 19.7 Å². The molecule has 0 spiro atoms. The average Bonchev–Trinajstić information content (AvgIpc) is 2.82. The van der Waals surface area contributed by atoms with E-state index in [1.54, 1.807) is 30.2 Å². The molecule has 0 radical (unpaired) electrons. The maximum atomic E-state index is 14.9. The van der Waals surface area contributed by atoms with Crippen LogP contribution in [0.2, 0.25) is 19.6 Å². The molecule has 2 aromatic carbocycles. The highest BCUT2D eigenvalue weighted by atomic mass is 28.3. The SMILES string of the molecule is COc1ccc2c(c1)CCN(C(=O)C1CC(CC(=O)OC(C)(C)C)C1)[C@H]2C(=O)Nc1ccc([Si](C)(C)C)c(F)c1. The largest absolute Gasteiger partial charge is 0.497 e. The fourth-order valence-electron chi connectivity index (χ4n) is 5.62. The van der Waals surface area contributed by atoms with Crippen molar-refractivity contribution in [3.63, 3.8) is 0 Å². The zero-order valence-electron chi connectivity index (χ0n) is 24.6. The smallest absolute Gasteiger partial charge is 0.306 e. The van der Waals surface area contributed by atoms with Gasteiger partial charge in [-0.1, -0.05) is 31.8 Å². The number of nitrogens with one attached hydrogen (secondary N) is 1. The molecule has 4 rings (SSSR count). The van der Waals surface area contributed by atoms with E-state index in [2.05, 4.69) is 25.0 Å². The van der Waals surface area contributed by atoms with Gasteiger partial charge in [0.05, 0.1) is 15.2 Å². The zero-order chi connectivity index (χ0) is 29.4. The van der Waals surface area contributed by atoms with Gasteiger partial charge in [0.15, 0.2) is 0 Å². The second-order valence-electron chi connectivity index (χ2n) is 13.0. The van der Waals surface area contributed by atoms with Gasteiger partial charge in [0.2, 0.25) is 5.91 Å². The minimum absolute atomic E-state index is 0.0882. The Morgan fingerprint density at radius 1 is 1.07 bits per heavy atom. The fraction of sp³-hybridized carbons (Fsp3) is 0.516. The molecule has 2 amide bonds. The van der Waals surface area contributed by atoms with E-state index in [0.29, 0.717) is 42.4 Å². The summed E-state index contributed by atoms with van der Waals surface area (Å²) in [5, 5.41) is 3.56. The number of benzene rings is 2. The lowest BCUT2D eigenvalue weighted by atomic mass is 9.72. The molecule has 2 aliphatic rings. The van der Waals surface area contributed by atoms with Crippen LogP contribution in [0.25, 0.3) is 0 Å². The summed E-state index contributed by atoms with van der Waals surface area (Å²) >= 11 is 0. The molecule has 1 saturated carbocycles. The van der Waals surface area contributed by atoms with Crippen LogP contribution in [0.15, 0.2) is 36.4 Å². The molecule has 2 aromatic rings. The summed E-state index contributed by atoms with van der Waals surface area (Å²) in [6.07, 6.45) is 2.05. The van der Waals surface area contributed by atoms with E-state index in [1.807, 2.05) is 32.9 Å². The van der Waals surface area contributed by atoms with Crippen LogP contribution >= 0.6 is 0 Å². The molecule has 0 saturated heterocycles. The molecular formula is C31H41FN2O5Si. The van der Waals surface area contributed by atoms with E-state index in [9.17, 15) is 18.8 Å². The number of ether oxygens (including phenoxy) is 2. The molecule has 1 aliphatic heterocycles. The van der Waals surface area contributed by atoms with Crippen LogP contribution in [-0.2, 0) is 25.5 Å². The Balaban J connectivity index is 1.53. The summed E-state index contributed by atoms with van der Waals surface area (Å²) in [6.45, 7) is 12.1. The Hall–Kier alpha value is -3.20. The Morgan fingerprint density at radius 2 is 1.77 bits per heavy atom. The van der Waals surface area contributed by atoms with Crippen molar-refractivity contribution in [3.8, 4) is 5.75 Å². The predicted molar refractivity (Wildman–Crippen MR) is 156 cm³/mol. The average molecular weight is 569 g/mol. The predicted octanol–water partition coefficient (Wildman–Crippen LogP) is 5.20. The third-order valence-corrected chi connectivity index (χ3v) is 9.64. The number of rotatable bonds is 7. The highest BCUT2D eigenvalue weighted by Gasteiger charge is 2.43. The lowest BCUT2D eigenvalue weighted by Gasteiger charge is -2.42. The van der Waals surface area contributed by atoms with Crippen LogP contribution in [0.1, 0.15) is 57.2 Å². The van der Waals surface area contributed by atoms with E-state index >= 15 is 0 Å². The molecule has 1 N–H and O–H groups in total. The topological polar surface area (TPSA) is 84.9 Å². The minimum atomic E-state index is -1.88. The fourth-order valence-corrected chi connectivity index (χ4v) is 6.99. The first kappa shape index (κ1) is 29.8. The number of esters is 1. The standard InChI is InChI=1S/C31H41FN2O5Si/c1-31(2,3)39-27(35)16-19-14-21(15-19)30(37)34-13-12-20-17-23(38-4)9-10-24(20)28(34)29(36)33-22-8-11-26(25(32)18-22)40(5,6)7/h8-11,17-19,21,28H,12-16H2,1-7H3,(H,33,36)/t19?,21?,28-/m1/s1. The van der Waals surface area contributed by atoms with E-state index < -0.39 is 19.7 Å². The van der Waals surface area contributed by atoms with Crippen molar-refractivity contribution < 1.29 is 28.2 Å². The van der Waals surface area contributed by atoms with Crippen molar-refractivity contribution in [2.24, 2.45) is 11.8 Å². The van der Waals surface area contributed by atoms with Crippen LogP contribution < -0.4 is 15.2 Å². The molecular weight excluding hydrogens is 527 g/mol. The van der Waals surface area contributed by atoms with Gasteiger partial charge in [-0.25, -0.2) is 4.39 Å². The summed E-state index contributed by atoms with van der Waals surface area (Å²) < 4.78 is 25.7. The second kappa shape index (κ2) is 11.3. The monoisotopic (exact) mass is 568 g/mol. The van der Waals surface area contributed by atoms with Gasteiger partial charge in [-0.2, -0.15) is 0 Å². The van der Waals surface area contributed by atoms with Crippen LogP contribution in [0.5, 0.6) is 5.75 Å². The first-order valence-electron chi connectivity index (χ1n) is 14.0. The van der Waals surface area contributed by atoms with Gasteiger partial charge in [-0.15, -0.1) is 0 Å². The lowest BCUT2D eigenvalue weighted by Crippen LogP contribution is -2.50. The number of carbonyl (C=O) groups is 3. The summed E-state index contributed by atoms with van der Waals surface area (Å²) in [5.74, 6) is -0.545. The van der Waals surface area contributed by atoms with Gasteiger partial charge in [0.1, 0.15) is 23.2 Å². The number of amides is 2. The molecule has 9 heteroatoms. The van der Waals surface area contributed by atoms with Gasteiger partial charge in [0, 0.05) is 24.6 Å². The molecule has 1 aliphatic carbocycles. The third-order valence-electron chi connectivity index (χ3n) is 7.61.